The summed E-state index contributed by atoms with van der Waals surface area (Å²) in [6.07, 6.45) is 0. The molecular weight excluding hydrogens is 390 g/mol. The molecular formula is C6H8B2F10K2N2. The first kappa shape index (κ1) is 49.5. The maximum Gasteiger partial charge on any atom is 1.00 e. The van der Waals surface area contributed by atoms with E-state index in [0.29, 0.717) is 0 Å². The van der Waals surface area contributed by atoms with E-state index in [2.05, 4.69) is 0 Å². The number of halogens is 10. The van der Waals surface area contributed by atoms with Crippen molar-refractivity contribution in [3.63, 3.8) is 0 Å². The van der Waals surface area contributed by atoms with E-state index in [1.165, 1.54) is 0 Å². The van der Waals surface area contributed by atoms with Crippen molar-refractivity contribution >= 4 is 14.5 Å². The van der Waals surface area contributed by atoms with Gasteiger partial charge in [-0.1, -0.05) is 14.9 Å². The first-order valence-electron chi connectivity index (χ1n) is 3.03. The summed E-state index contributed by atoms with van der Waals surface area (Å²) in [5, 5.41) is 15.0. The Labute approximate surface area is 208 Å². The number of nitriles is 2. The zero-order valence-electron chi connectivity index (χ0n) is 9.83. The molecule has 16 heteroatoms. The predicted molar refractivity (Wildman–Crippen MR) is 53.8 cm³/mol. The van der Waals surface area contributed by atoms with Crippen LogP contribution in [-0.4, -0.2) is 14.5 Å². The van der Waals surface area contributed by atoms with Gasteiger partial charge in [-0.25, -0.2) is 10.5 Å². The SMILES string of the molecule is C.C.FB(F)F.F[C-](F)F.F[C-](F)F.N#CB(F)C#N.[K+].[K+]. The maximum atomic E-state index is 11.1. The number of rotatable bonds is 0. The molecule has 22 heavy (non-hydrogen) atoms. The third kappa shape index (κ3) is 287. The van der Waals surface area contributed by atoms with Crippen molar-refractivity contribution < 1.29 is 146 Å². The van der Waals surface area contributed by atoms with Crippen molar-refractivity contribution in [2.45, 2.75) is 14.9 Å². The van der Waals surface area contributed by atoms with E-state index >= 15 is 0 Å². The summed E-state index contributed by atoms with van der Waals surface area (Å²) in [6, 6.07) is 0. The minimum Gasteiger partial charge on any atom is -0.385 e. The quantitative estimate of drug-likeness (QED) is 0.296. The molecule has 0 aromatic heterocycles. The van der Waals surface area contributed by atoms with Crippen molar-refractivity contribution in [1.82, 2.24) is 0 Å². The fourth-order valence-electron chi connectivity index (χ4n) is 0.0289. The van der Waals surface area contributed by atoms with Crippen molar-refractivity contribution in [1.29, 1.82) is 10.5 Å². The molecule has 0 aliphatic carbocycles. The van der Waals surface area contributed by atoms with Gasteiger partial charge in [0.25, 0.3) is 0 Å². The molecule has 0 atom stereocenters. The first-order valence-corrected chi connectivity index (χ1v) is 3.03. The fourth-order valence-corrected chi connectivity index (χ4v) is 0.0289. The Kier molecular flexibility index (Phi) is 97.6. The molecule has 0 aromatic rings. The molecule has 0 aromatic carbocycles. The second kappa shape index (κ2) is 43.4. The van der Waals surface area contributed by atoms with Crippen molar-refractivity contribution in [3.8, 4) is 11.9 Å². The Morgan fingerprint density at radius 2 is 0.727 bits per heavy atom. The van der Waals surface area contributed by atoms with Crippen molar-refractivity contribution in [2.24, 2.45) is 0 Å². The van der Waals surface area contributed by atoms with Crippen LogP contribution in [0.5, 0.6) is 0 Å². The van der Waals surface area contributed by atoms with E-state index in [1.807, 2.05) is 0 Å². The van der Waals surface area contributed by atoms with Gasteiger partial charge in [-0.15, -0.1) is 0 Å². The summed E-state index contributed by atoms with van der Waals surface area (Å²) in [4.78, 5) is 0. The van der Waals surface area contributed by atoms with Crippen LogP contribution in [0.4, 0.5) is 43.6 Å². The van der Waals surface area contributed by atoms with E-state index in [9.17, 15) is 43.6 Å². The minimum absolute atomic E-state index is 0. The van der Waals surface area contributed by atoms with Gasteiger partial charge in [0.1, 0.15) is 0 Å². The van der Waals surface area contributed by atoms with E-state index in [4.69, 9.17) is 10.5 Å². The van der Waals surface area contributed by atoms with Gasteiger partial charge in [-0.3, -0.25) is 17.3 Å². The Hall–Kier alpha value is 1.68. The Morgan fingerprint density at radius 3 is 0.727 bits per heavy atom. The summed E-state index contributed by atoms with van der Waals surface area (Å²) < 4.78 is 97.6. The smallest absolute Gasteiger partial charge is 0.385 e. The van der Waals surface area contributed by atoms with Gasteiger partial charge in [0, 0.05) is 0 Å². The molecule has 0 aliphatic heterocycles. The van der Waals surface area contributed by atoms with Gasteiger partial charge in [0.15, 0.2) is 13.4 Å². The molecule has 0 radical (unpaired) electrons. The average Bonchev–Trinajstić information content (AvgIpc) is 2.13. The van der Waals surface area contributed by atoms with E-state index < -0.39 is 27.9 Å². The van der Waals surface area contributed by atoms with Crippen LogP contribution < -0.4 is 103 Å². The average molecular weight is 398 g/mol. The van der Waals surface area contributed by atoms with Crippen LogP contribution in [-0.2, 0) is 0 Å². The Bertz CT molecular complexity index is 202. The summed E-state index contributed by atoms with van der Waals surface area (Å²) in [6.45, 7) is -8.12. The van der Waals surface area contributed by atoms with Gasteiger partial charge in [-0.2, -0.15) is 0 Å². The van der Waals surface area contributed by atoms with Crippen LogP contribution in [0.25, 0.3) is 0 Å². The molecule has 0 amide bonds. The molecule has 0 aliphatic rings. The van der Waals surface area contributed by atoms with Gasteiger partial charge >= 0.3 is 117 Å². The zero-order valence-corrected chi connectivity index (χ0v) is 16.1. The topological polar surface area (TPSA) is 47.6 Å². The predicted octanol–water partition coefficient (Wildman–Crippen LogP) is -1.08. The summed E-state index contributed by atoms with van der Waals surface area (Å²) in [7, 11) is -3.67. The molecule has 120 valence electrons. The molecule has 0 fully saturated rings. The third-order valence-corrected chi connectivity index (χ3v) is 0.227. The van der Waals surface area contributed by atoms with Crippen LogP contribution in [0.2, 0.25) is 0 Å². The molecule has 0 saturated carbocycles. The third-order valence-electron chi connectivity index (χ3n) is 0.227. The zero-order chi connectivity index (χ0) is 15.7. The molecule has 0 bridgehead atoms. The molecule has 0 saturated heterocycles. The van der Waals surface area contributed by atoms with E-state index in [1.54, 1.807) is 0 Å². The standard InChI is InChI=1S/C2BFN2.2CF3.2CH4.BF3.2K/c4-3(1-5)2-6;2*2-1(3)4;;;2-1(3)4;;/h;;;2*1H4;;;/q;2*-1;;;;2*+1. The normalized spacial score (nSPS) is 5.91. The first-order chi connectivity index (χ1) is 8.00. The van der Waals surface area contributed by atoms with Crippen LogP contribution >= 0.6 is 0 Å². The van der Waals surface area contributed by atoms with Crippen LogP contribution in [0.15, 0.2) is 0 Å². The molecule has 0 spiro atoms. The summed E-state index contributed by atoms with van der Waals surface area (Å²) in [5.41, 5.74) is 0. The number of nitrogens with zero attached hydrogens (tertiary/aromatic N) is 2. The number of hydrogen-bond donors (Lipinski definition) is 0. The monoisotopic (exact) mass is 398 g/mol. The second-order valence-corrected chi connectivity index (χ2v) is 1.30. The van der Waals surface area contributed by atoms with Gasteiger partial charge in [0.05, 0.1) is 11.9 Å². The van der Waals surface area contributed by atoms with Gasteiger partial charge < -0.3 is 26.3 Å². The largest absolute Gasteiger partial charge is 1.00 e. The maximum absolute atomic E-state index is 11.1. The van der Waals surface area contributed by atoms with E-state index in [0.717, 1.165) is 11.9 Å². The van der Waals surface area contributed by atoms with E-state index in [-0.39, 0.29) is 118 Å². The van der Waals surface area contributed by atoms with Crippen LogP contribution in [0.1, 0.15) is 14.9 Å². The van der Waals surface area contributed by atoms with Gasteiger partial charge in [0.2, 0.25) is 0 Å². The van der Waals surface area contributed by atoms with Crippen LogP contribution in [0, 0.1) is 35.8 Å². The summed E-state index contributed by atoms with van der Waals surface area (Å²) in [5.74, 6) is 2.17. The van der Waals surface area contributed by atoms with Gasteiger partial charge in [-0.05, 0) is 0 Å². The Morgan fingerprint density at radius 1 is 0.636 bits per heavy atom. The molecule has 2 nitrogen and oxygen atoms in total. The fraction of sp³-hybridized carbons (Fsp3) is 0.333. The molecule has 0 unspecified atom stereocenters. The number of hydrogen-bond acceptors (Lipinski definition) is 2. The van der Waals surface area contributed by atoms with Crippen molar-refractivity contribution in [2.75, 3.05) is 0 Å². The molecule has 0 N–H and O–H groups in total. The second-order valence-electron chi connectivity index (χ2n) is 1.30. The molecule has 0 rings (SSSR count). The van der Waals surface area contributed by atoms with Crippen LogP contribution in [0.3, 0.4) is 0 Å². The summed E-state index contributed by atoms with van der Waals surface area (Å²) >= 11 is 0. The Balaban J connectivity index is -0.0000000190. The van der Waals surface area contributed by atoms with Crippen molar-refractivity contribution in [3.05, 3.63) is 13.4 Å². The molecule has 0 heterocycles. The minimum atomic E-state index is -3.67.